The fourth-order valence-electron chi connectivity index (χ4n) is 7.63. The highest BCUT2D eigenvalue weighted by atomic mass is 16.3. The summed E-state index contributed by atoms with van der Waals surface area (Å²) in [5.74, 6) is 1.10. The van der Waals surface area contributed by atoms with Gasteiger partial charge in [-0.15, -0.1) is 0 Å². The summed E-state index contributed by atoms with van der Waals surface area (Å²) in [5.41, 5.74) is -1.95. The van der Waals surface area contributed by atoms with E-state index in [1.807, 2.05) is 6.92 Å². The first-order valence-corrected chi connectivity index (χ1v) is 10.1. The second-order valence-corrected chi connectivity index (χ2v) is 9.97. The third kappa shape index (κ3) is 2.13. The summed E-state index contributed by atoms with van der Waals surface area (Å²) in [4.78, 5) is 25.6. The molecule has 0 heterocycles. The summed E-state index contributed by atoms with van der Waals surface area (Å²) in [5, 5.41) is 21.2. The Bertz CT molecular complexity index is 615. The van der Waals surface area contributed by atoms with Crippen molar-refractivity contribution in [3.05, 3.63) is 0 Å². The Morgan fingerprint density at radius 3 is 2.52 bits per heavy atom. The number of ketones is 2. The van der Waals surface area contributed by atoms with Crippen molar-refractivity contribution >= 4 is 11.6 Å². The summed E-state index contributed by atoms with van der Waals surface area (Å²) in [6.07, 6.45) is 6.07. The molecule has 4 aliphatic carbocycles. The van der Waals surface area contributed by atoms with Gasteiger partial charge in [0, 0.05) is 17.8 Å². The number of carbonyl (C=O) groups is 2. The van der Waals surface area contributed by atoms with E-state index in [0.717, 1.165) is 38.5 Å². The molecule has 0 saturated heterocycles. The fourth-order valence-corrected chi connectivity index (χ4v) is 7.63. The monoisotopic (exact) mass is 348 g/mol. The molecule has 1 unspecified atom stereocenters. The van der Waals surface area contributed by atoms with Gasteiger partial charge in [0.15, 0.2) is 5.78 Å². The fraction of sp³-hybridized carbons (Fsp3) is 0.905. The molecular weight excluding hydrogens is 316 g/mol. The molecule has 2 N–H and O–H groups in total. The van der Waals surface area contributed by atoms with Crippen LogP contribution >= 0.6 is 0 Å². The van der Waals surface area contributed by atoms with Gasteiger partial charge in [0.05, 0.1) is 6.10 Å². The topological polar surface area (TPSA) is 74.6 Å². The predicted molar refractivity (Wildman–Crippen MR) is 93.8 cm³/mol. The Balaban J connectivity index is 1.71. The van der Waals surface area contributed by atoms with E-state index >= 15 is 0 Å². The molecule has 0 amide bonds. The molecule has 8 atom stereocenters. The minimum absolute atomic E-state index is 0.0164. The van der Waals surface area contributed by atoms with E-state index in [9.17, 15) is 19.8 Å². The lowest BCUT2D eigenvalue weighted by Crippen LogP contribution is -2.61. The molecular formula is C21H32O4. The van der Waals surface area contributed by atoms with Crippen LogP contribution in [0.3, 0.4) is 0 Å². The molecule has 0 aromatic rings. The number of Topliss-reactive ketones (excluding diaryl/α,β-unsaturated/α-hetero) is 2. The van der Waals surface area contributed by atoms with Crippen LogP contribution in [-0.4, -0.2) is 33.5 Å². The molecule has 0 radical (unpaired) electrons. The van der Waals surface area contributed by atoms with E-state index in [1.54, 1.807) is 0 Å². The number of hydrogen-bond donors (Lipinski definition) is 2. The largest absolute Gasteiger partial charge is 0.393 e. The number of aliphatic hydroxyl groups is 2. The van der Waals surface area contributed by atoms with E-state index in [-0.39, 0.29) is 40.8 Å². The van der Waals surface area contributed by atoms with Crippen LogP contribution in [-0.2, 0) is 9.59 Å². The van der Waals surface area contributed by atoms with Crippen LogP contribution in [0.1, 0.15) is 72.1 Å². The van der Waals surface area contributed by atoms with E-state index in [2.05, 4.69) is 6.92 Å². The maximum absolute atomic E-state index is 13.3. The summed E-state index contributed by atoms with van der Waals surface area (Å²) in [6, 6.07) is 0. The van der Waals surface area contributed by atoms with Crippen LogP contribution in [0.4, 0.5) is 0 Å². The summed E-state index contributed by atoms with van der Waals surface area (Å²) in [6.45, 7) is 5.73. The van der Waals surface area contributed by atoms with E-state index < -0.39 is 11.0 Å². The normalized spacial score (nSPS) is 55.2. The van der Waals surface area contributed by atoms with Crippen molar-refractivity contribution in [3.8, 4) is 0 Å². The highest BCUT2D eigenvalue weighted by molar-refractivity contribution is 5.90. The molecule has 0 bridgehead atoms. The van der Waals surface area contributed by atoms with Gasteiger partial charge in [-0.1, -0.05) is 13.8 Å². The third-order valence-corrected chi connectivity index (χ3v) is 9.06. The zero-order valence-corrected chi connectivity index (χ0v) is 15.8. The molecule has 4 rings (SSSR count). The maximum atomic E-state index is 13.3. The minimum Gasteiger partial charge on any atom is -0.393 e. The number of rotatable bonds is 1. The summed E-state index contributed by atoms with van der Waals surface area (Å²) in [7, 11) is 0. The SMILES string of the molecule is CC(=O)[C@@]1(O)CC[C@H]2[C@@H]3CC[C@H]4CC(O)CC[C@]4(C)[C@H]3C(=O)C[C@@]21C. The quantitative estimate of drug-likeness (QED) is 0.764. The summed E-state index contributed by atoms with van der Waals surface area (Å²) < 4.78 is 0. The first-order chi connectivity index (χ1) is 11.6. The molecule has 4 saturated carbocycles. The van der Waals surface area contributed by atoms with Crippen LogP contribution in [0.15, 0.2) is 0 Å². The average Bonchev–Trinajstić information content (AvgIpc) is 2.80. The van der Waals surface area contributed by atoms with Crippen LogP contribution in [0.25, 0.3) is 0 Å². The van der Waals surface area contributed by atoms with Crippen LogP contribution < -0.4 is 0 Å². The molecule has 25 heavy (non-hydrogen) atoms. The first-order valence-electron chi connectivity index (χ1n) is 10.1. The maximum Gasteiger partial charge on any atom is 0.161 e. The molecule has 0 aromatic heterocycles. The van der Waals surface area contributed by atoms with E-state index in [0.29, 0.717) is 18.8 Å². The molecule has 4 aliphatic rings. The Kier molecular flexibility index (Phi) is 3.81. The highest BCUT2D eigenvalue weighted by Gasteiger charge is 2.68. The zero-order valence-electron chi connectivity index (χ0n) is 15.8. The smallest absolute Gasteiger partial charge is 0.161 e. The average molecular weight is 348 g/mol. The van der Waals surface area contributed by atoms with Crippen molar-refractivity contribution in [2.45, 2.75) is 83.8 Å². The zero-order chi connectivity index (χ0) is 18.2. The van der Waals surface area contributed by atoms with E-state index in [4.69, 9.17) is 0 Å². The Labute approximate surface area is 150 Å². The van der Waals surface area contributed by atoms with Gasteiger partial charge in [-0.25, -0.2) is 0 Å². The third-order valence-electron chi connectivity index (χ3n) is 9.06. The number of hydrogen-bond acceptors (Lipinski definition) is 4. The lowest BCUT2D eigenvalue weighted by Gasteiger charge is -2.60. The van der Waals surface area contributed by atoms with Gasteiger partial charge in [0.25, 0.3) is 0 Å². The van der Waals surface area contributed by atoms with E-state index in [1.165, 1.54) is 6.92 Å². The molecule has 4 heteroatoms. The summed E-state index contributed by atoms with van der Waals surface area (Å²) >= 11 is 0. The minimum atomic E-state index is -1.33. The number of aliphatic hydroxyl groups excluding tert-OH is 1. The van der Waals surface area contributed by atoms with Gasteiger partial charge < -0.3 is 10.2 Å². The van der Waals surface area contributed by atoms with Crippen molar-refractivity contribution in [2.24, 2.45) is 34.5 Å². The van der Waals surface area contributed by atoms with Gasteiger partial charge in [-0.3, -0.25) is 9.59 Å². The van der Waals surface area contributed by atoms with Gasteiger partial charge in [-0.2, -0.15) is 0 Å². The van der Waals surface area contributed by atoms with Gasteiger partial charge in [-0.05, 0) is 75.0 Å². The molecule has 4 nitrogen and oxygen atoms in total. The van der Waals surface area contributed by atoms with Crippen LogP contribution in [0.2, 0.25) is 0 Å². The standard InChI is InChI=1S/C21H32O4/c1-12(22)21(25)9-7-16-15-5-4-13-10-14(23)6-8-19(13,2)18(15)17(24)11-20(16,21)3/h13-16,18,23,25H,4-11H2,1-3H3/t13-,14?,15-,16-,18+,19-,20-,21-/m0/s1. The van der Waals surface area contributed by atoms with Crippen molar-refractivity contribution < 1.29 is 19.8 Å². The molecule has 0 aromatic carbocycles. The highest BCUT2D eigenvalue weighted by Crippen LogP contribution is 2.67. The first kappa shape index (κ1) is 17.7. The van der Waals surface area contributed by atoms with Crippen molar-refractivity contribution in [1.82, 2.24) is 0 Å². The number of carbonyl (C=O) groups excluding carboxylic acids is 2. The van der Waals surface area contributed by atoms with Gasteiger partial charge in [0.1, 0.15) is 11.4 Å². The van der Waals surface area contributed by atoms with Gasteiger partial charge >= 0.3 is 0 Å². The molecule has 4 fully saturated rings. The second-order valence-electron chi connectivity index (χ2n) is 9.97. The Hall–Kier alpha value is -0.740. The van der Waals surface area contributed by atoms with Crippen molar-refractivity contribution in [1.29, 1.82) is 0 Å². The van der Waals surface area contributed by atoms with Crippen molar-refractivity contribution in [2.75, 3.05) is 0 Å². The van der Waals surface area contributed by atoms with Gasteiger partial charge in [0.2, 0.25) is 0 Å². The van der Waals surface area contributed by atoms with Crippen LogP contribution in [0.5, 0.6) is 0 Å². The molecule has 140 valence electrons. The number of fused-ring (bicyclic) bond motifs is 5. The van der Waals surface area contributed by atoms with Crippen LogP contribution in [0, 0.1) is 34.5 Å². The second kappa shape index (κ2) is 5.39. The van der Waals surface area contributed by atoms with Crippen molar-refractivity contribution in [3.63, 3.8) is 0 Å². The lowest BCUT2D eigenvalue weighted by atomic mass is 9.44. The lowest BCUT2D eigenvalue weighted by molar-refractivity contribution is -0.178. The molecule has 0 aliphatic heterocycles. The molecule has 0 spiro atoms. The Morgan fingerprint density at radius 2 is 1.84 bits per heavy atom. The Morgan fingerprint density at radius 1 is 1.12 bits per heavy atom. The predicted octanol–water partition coefficient (Wildman–Crippen LogP) is 2.89.